The van der Waals surface area contributed by atoms with Crippen molar-refractivity contribution in [2.24, 2.45) is 7.05 Å². The van der Waals surface area contributed by atoms with Gasteiger partial charge in [0.1, 0.15) is 0 Å². The number of hydrogen-bond acceptors (Lipinski definition) is 4. The molecule has 1 fully saturated rings. The molecule has 2 amide bonds. The first-order chi connectivity index (χ1) is 12.6. The Morgan fingerprint density at radius 2 is 2.04 bits per heavy atom. The van der Waals surface area contributed by atoms with Crippen molar-refractivity contribution in [3.63, 3.8) is 0 Å². The first-order valence-corrected chi connectivity index (χ1v) is 9.77. The van der Waals surface area contributed by atoms with Crippen LogP contribution in [0.2, 0.25) is 0 Å². The molecule has 7 heteroatoms. The van der Waals surface area contributed by atoms with Gasteiger partial charge in [-0.15, -0.1) is 0 Å². The van der Waals surface area contributed by atoms with Crippen LogP contribution in [0.5, 0.6) is 0 Å². The van der Waals surface area contributed by atoms with Gasteiger partial charge in [-0.25, -0.2) is 4.98 Å². The van der Waals surface area contributed by atoms with Gasteiger partial charge in [-0.3, -0.25) is 9.59 Å². The Hall–Kier alpha value is -2.28. The second kappa shape index (κ2) is 8.89. The molecule has 1 aliphatic heterocycles. The van der Waals surface area contributed by atoms with Crippen molar-refractivity contribution in [1.82, 2.24) is 14.5 Å². The summed E-state index contributed by atoms with van der Waals surface area (Å²) in [6.07, 6.45) is 8.27. The molecular formula is C19H24N4O2S. The van der Waals surface area contributed by atoms with E-state index < -0.39 is 0 Å². The van der Waals surface area contributed by atoms with Crippen molar-refractivity contribution in [1.29, 1.82) is 0 Å². The molecule has 26 heavy (non-hydrogen) atoms. The quantitative estimate of drug-likeness (QED) is 0.874. The number of carbonyl (C=O) groups is 2. The molecular weight excluding hydrogens is 348 g/mol. The van der Waals surface area contributed by atoms with E-state index in [2.05, 4.69) is 10.3 Å². The molecule has 1 saturated heterocycles. The van der Waals surface area contributed by atoms with E-state index in [1.165, 1.54) is 11.8 Å². The lowest BCUT2D eigenvalue weighted by atomic mass is 10.1. The fraction of sp³-hybridized carbons (Fsp3) is 0.421. The lowest BCUT2D eigenvalue weighted by molar-refractivity contribution is -0.135. The van der Waals surface area contributed by atoms with E-state index in [1.807, 2.05) is 42.1 Å². The molecule has 3 rings (SSSR count). The predicted octanol–water partition coefficient (Wildman–Crippen LogP) is 3.30. The number of anilines is 1. The fourth-order valence-electron chi connectivity index (χ4n) is 2.95. The molecule has 0 aliphatic carbocycles. The maximum atomic E-state index is 12.5. The highest BCUT2D eigenvalue weighted by atomic mass is 32.2. The zero-order chi connectivity index (χ0) is 18.4. The van der Waals surface area contributed by atoms with Crippen molar-refractivity contribution in [3.05, 3.63) is 36.7 Å². The Morgan fingerprint density at radius 3 is 2.85 bits per heavy atom. The molecule has 2 aromatic rings. The van der Waals surface area contributed by atoms with Crippen LogP contribution in [-0.2, 0) is 16.6 Å². The molecule has 2 heterocycles. The number of aromatic nitrogens is 2. The predicted molar refractivity (Wildman–Crippen MR) is 102 cm³/mol. The fourth-order valence-corrected chi connectivity index (χ4v) is 3.84. The Kier molecular flexibility index (Phi) is 6.33. The molecule has 1 N–H and O–H groups in total. The monoisotopic (exact) mass is 372 g/mol. The molecule has 1 aliphatic rings. The molecule has 1 aromatic carbocycles. The van der Waals surface area contributed by atoms with Crippen molar-refractivity contribution >= 4 is 29.3 Å². The van der Waals surface area contributed by atoms with Crippen molar-refractivity contribution in [2.75, 3.05) is 18.4 Å². The highest BCUT2D eigenvalue weighted by Gasteiger charge is 2.19. The number of hydrogen-bond donors (Lipinski definition) is 1. The minimum absolute atomic E-state index is 0.0792. The van der Waals surface area contributed by atoms with Gasteiger partial charge in [-0.1, -0.05) is 25.0 Å². The van der Waals surface area contributed by atoms with E-state index in [-0.39, 0.29) is 18.4 Å². The van der Waals surface area contributed by atoms with Gasteiger partial charge in [0.15, 0.2) is 5.16 Å². The smallest absolute Gasteiger partial charge is 0.244 e. The van der Waals surface area contributed by atoms with Gasteiger partial charge in [0.05, 0.1) is 12.2 Å². The van der Waals surface area contributed by atoms with E-state index in [9.17, 15) is 9.59 Å². The van der Waals surface area contributed by atoms with E-state index >= 15 is 0 Å². The van der Waals surface area contributed by atoms with Crippen LogP contribution < -0.4 is 5.32 Å². The standard InChI is InChI=1S/C19H24N4O2S/c1-22-13-11-20-19(22)26-16-9-6-5-8-15(16)21-17(24)14-23-12-7-3-2-4-10-18(23)25/h5-6,8-9,11,13H,2-4,7,10,12,14H2,1H3,(H,21,24). The summed E-state index contributed by atoms with van der Waals surface area (Å²) in [6, 6.07) is 7.65. The molecule has 0 saturated carbocycles. The highest BCUT2D eigenvalue weighted by molar-refractivity contribution is 7.99. The van der Waals surface area contributed by atoms with Gasteiger partial charge in [0, 0.05) is 37.3 Å². The van der Waals surface area contributed by atoms with Crippen molar-refractivity contribution in [3.8, 4) is 0 Å². The molecule has 0 bridgehead atoms. The number of para-hydroxylation sites is 1. The number of carbonyl (C=O) groups excluding carboxylic acids is 2. The average Bonchev–Trinajstić information content (AvgIpc) is 3.01. The van der Waals surface area contributed by atoms with Crippen LogP contribution in [0.1, 0.15) is 32.1 Å². The topological polar surface area (TPSA) is 67.2 Å². The number of benzene rings is 1. The number of aryl methyl sites for hydroxylation is 1. The minimum atomic E-state index is -0.160. The first-order valence-electron chi connectivity index (χ1n) is 8.95. The lowest BCUT2D eigenvalue weighted by Gasteiger charge is -2.24. The van der Waals surface area contributed by atoms with Crippen LogP contribution in [0, 0.1) is 0 Å². The molecule has 1 aromatic heterocycles. The molecule has 0 atom stereocenters. The maximum absolute atomic E-state index is 12.5. The SMILES string of the molecule is Cn1ccnc1Sc1ccccc1NC(=O)CN1CCCCCCC1=O. The number of rotatable bonds is 5. The zero-order valence-corrected chi connectivity index (χ0v) is 15.8. The average molecular weight is 372 g/mol. The van der Waals surface area contributed by atoms with Crippen LogP contribution in [0.15, 0.2) is 46.7 Å². The summed E-state index contributed by atoms with van der Waals surface area (Å²) in [6.45, 7) is 0.774. The van der Waals surface area contributed by atoms with Gasteiger partial charge >= 0.3 is 0 Å². The zero-order valence-electron chi connectivity index (χ0n) is 15.0. The van der Waals surface area contributed by atoms with Gasteiger partial charge < -0.3 is 14.8 Å². The van der Waals surface area contributed by atoms with Crippen LogP contribution in [0.4, 0.5) is 5.69 Å². The highest BCUT2D eigenvalue weighted by Crippen LogP contribution is 2.32. The van der Waals surface area contributed by atoms with Crippen LogP contribution in [0.3, 0.4) is 0 Å². The van der Waals surface area contributed by atoms with Gasteiger partial charge in [-0.05, 0) is 36.7 Å². The van der Waals surface area contributed by atoms with Gasteiger partial charge in [0.2, 0.25) is 11.8 Å². The van der Waals surface area contributed by atoms with Gasteiger partial charge in [0.25, 0.3) is 0 Å². The number of nitrogens with one attached hydrogen (secondary N) is 1. The summed E-state index contributed by atoms with van der Waals surface area (Å²) in [5.74, 6) is -0.0812. The van der Waals surface area contributed by atoms with Crippen LogP contribution in [0.25, 0.3) is 0 Å². The Balaban J connectivity index is 1.65. The molecule has 0 radical (unpaired) electrons. The third-order valence-corrected chi connectivity index (χ3v) is 5.55. The molecule has 0 spiro atoms. The van der Waals surface area contributed by atoms with Crippen LogP contribution in [-0.4, -0.2) is 39.4 Å². The third kappa shape index (κ3) is 4.88. The summed E-state index contributed by atoms with van der Waals surface area (Å²) < 4.78 is 1.93. The second-order valence-electron chi connectivity index (χ2n) is 6.45. The Morgan fingerprint density at radius 1 is 1.23 bits per heavy atom. The molecule has 138 valence electrons. The van der Waals surface area contributed by atoms with Crippen molar-refractivity contribution < 1.29 is 9.59 Å². The number of amides is 2. The minimum Gasteiger partial charge on any atom is -0.333 e. The number of likely N-dealkylation sites (tertiary alicyclic amines) is 1. The molecule has 6 nitrogen and oxygen atoms in total. The summed E-state index contributed by atoms with van der Waals surface area (Å²) in [5, 5.41) is 3.81. The van der Waals surface area contributed by atoms with Crippen molar-refractivity contribution in [2.45, 2.75) is 42.2 Å². The van der Waals surface area contributed by atoms with Crippen LogP contribution >= 0.6 is 11.8 Å². The number of nitrogens with zero attached hydrogens (tertiary/aromatic N) is 3. The van der Waals surface area contributed by atoms with E-state index in [0.29, 0.717) is 13.0 Å². The Labute approximate surface area is 158 Å². The van der Waals surface area contributed by atoms with Gasteiger partial charge in [-0.2, -0.15) is 0 Å². The summed E-state index contributed by atoms with van der Waals surface area (Å²) in [7, 11) is 1.93. The normalized spacial score (nSPS) is 15.4. The van der Waals surface area contributed by atoms with E-state index in [0.717, 1.165) is 41.4 Å². The summed E-state index contributed by atoms with van der Waals surface area (Å²) in [4.78, 5) is 31.6. The second-order valence-corrected chi connectivity index (χ2v) is 7.46. The number of imidazole rings is 1. The molecule has 0 unspecified atom stereocenters. The summed E-state index contributed by atoms with van der Waals surface area (Å²) >= 11 is 1.50. The lowest BCUT2D eigenvalue weighted by Crippen LogP contribution is -2.39. The Bertz CT molecular complexity index is 774. The van der Waals surface area contributed by atoms with E-state index in [1.54, 1.807) is 11.1 Å². The third-order valence-electron chi connectivity index (χ3n) is 4.40. The first kappa shape index (κ1) is 18.5. The largest absolute Gasteiger partial charge is 0.333 e. The maximum Gasteiger partial charge on any atom is 0.244 e. The summed E-state index contributed by atoms with van der Waals surface area (Å²) in [5.41, 5.74) is 0.741. The van der Waals surface area contributed by atoms with E-state index in [4.69, 9.17) is 0 Å².